The third kappa shape index (κ3) is 8.53. The smallest absolute Gasteiger partial charge is 0.264 e. The summed E-state index contributed by atoms with van der Waals surface area (Å²) in [7, 11) is -5.52. The van der Waals surface area contributed by atoms with Crippen LogP contribution in [0.4, 0.5) is 0 Å². The number of ether oxygens (including phenoxy) is 3. The van der Waals surface area contributed by atoms with Gasteiger partial charge in [-0.1, -0.05) is 26.8 Å². The van der Waals surface area contributed by atoms with Gasteiger partial charge in [-0.25, -0.2) is 9.67 Å². The van der Waals surface area contributed by atoms with Gasteiger partial charge >= 0.3 is 0 Å². The van der Waals surface area contributed by atoms with Crippen molar-refractivity contribution in [2.75, 3.05) is 32.7 Å². The molecule has 1 unspecified atom stereocenters. The summed E-state index contributed by atoms with van der Waals surface area (Å²) in [5.74, 6) is 1.30. The van der Waals surface area contributed by atoms with Gasteiger partial charge in [-0.15, -0.1) is 0 Å². The molecule has 0 N–H and O–H groups in total. The SMILES string of the molecule is C[C@@H](CCOCCOc1cccc(-c2nn(C3CCCCO3)c3ccc(O[Si](C)(C)C(C)(C)C)cc23)n1)OS(C)(=O)=O. The van der Waals surface area contributed by atoms with Crippen LogP contribution in [0.5, 0.6) is 11.6 Å². The Morgan fingerprint density at radius 1 is 1.12 bits per heavy atom. The fourth-order valence-electron chi connectivity index (χ4n) is 4.49. The number of rotatable bonds is 13. The van der Waals surface area contributed by atoms with Crippen LogP contribution in [-0.2, 0) is 23.8 Å². The summed E-state index contributed by atoms with van der Waals surface area (Å²) >= 11 is 0. The quantitative estimate of drug-likeness (QED) is 0.123. The van der Waals surface area contributed by atoms with Gasteiger partial charge < -0.3 is 18.6 Å². The number of benzene rings is 1. The Bertz CT molecular complexity index is 1450. The summed E-state index contributed by atoms with van der Waals surface area (Å²) < 4.78 is 53.6. The van der Waals surface area contributed by atoms with E-state index in [4.69, 9.17) is 32.9 Å². The number of nitrogens with zero attached hydrogens (tertiary/aromatic N) is 3. The van der Waals surface area contributed by atoms with E-state index in [9.17, 15) is 8.42 Å². The Morgan fingerprint density at radius 2 is 1.90 bits per heavy atom. The summed E-state index contributed by atoms with van der Waals surface area (Å²) in [6, 6.07) is 11.8. The van der Waals surface area contributed by atoms with Crippen molar-refractivity contribution in [2.45, 2.75) is 83.8 Å². The zero-order valence-electron chi connectivity index (χ0n) is 25.9. The molecule has 4 rings (SSSR count). The van der Waals surface area contributed by atoms with Gasteiger partial charge in [-0.05, 0) is 75.0 Å². The van der Waals surface area contributed by atoms with Crippen LogP contribution in [0.15, 0.2) is 36.4 Å². The maximum Gasteiger partial charge on any atom is 0.264 e. The number of pyridine rings is 1. The molecule has 0 aliphatic carbocycles. The first-order chi connectivity index (χ1) is 19.7. The van der Waals surface area contributed by atoms with Crippen molar-refractivity contribution < 1.29 is 31.2 Å². The van der Waals surface area contributed by atoms with Crippen molar-refractivity contribution in [3.63, 3.8) is 0 Å². The molecule has 2 aromatic heterocycles. The zero-order chi connectivity index (χ0) is 30.5. The monoisotopic (exact) mass is 619 g/mol. The van der Waals surface area contributed by atoms with E-state index in [1.807, 2.05) is 22.9 Å². The average Bonchev–Trinajstić information content (AvgIpc) is 3.28. The van der Waals surface area contributed by atoms with Crippen LogP contribution in [0, 0.1) is 0 Å². The lowest BCUT2D eigenvalue weighted by molar-refractivity contribution is -0.0365. The molecule has 3 heterocycles. The molecule has 0 saturated carbocycles. The van der Waals surface area contributed by atoms with Crippen molar-refractivity contribution in [3.05, 3.63) is 36.4 Å². The van der Waals surface area contributed by atoms with Crippen molar-refractivity contribution in [3.8, 4) is 23.0 Å². The highest BCUT2D eigenvalue weighted by Crippen LogP contribution is 2.39. The molecule has 42 heavy (non-hydrogen) atoms. The minimum Gasteiger partial charge on any atom is -0.543 e. The van der Waals surface area contributed by atoms with Crippen molar-refractivity contribution in [1.29, 1.82) is 0 Å². The number of aromatic nitrogens is 3. The average molecular weight is 620 g/mol. The molecule has 1 saturated heterocycles. The first-order valence-electron chi connectivity index (χ1n) is 14.6. The molecular weight excluding hydrogens is 574 g/mol. The lowest BCUT2D eigenvalue weighted by Crippen LogP contribution is -2.43. The maximum absolute atomic E-state index is 11.2. The van der Waals surface area contributed by atoms with Crippen LogP contribution < -0.4 is 9.16 Å². The summed E-state index contributed by atoms with van der Waals surface area (Å²) in [6.07, 6.45) is 4.01. The Kier molecular flexibility index (Phi) is 10.4. The number of fused-ring (bicyclic) bond motifs is 1. The molecule has 12 heteroatoms. The molecule has 0 radical (unpaired) electrons. The molecule has 10 nitrogen and oxygen atoms in total. The van der Waals surface area contributed by atoms with Gasteiger partial charge in [0.2, 0.25) is 14.2 Å². The summed E-state index contributed by atoms with van der Waals surface area (Å²) in [6.45, 7) is 14.6. The van der Waals surface area contributed by atoms with Gasteiger partial charge in [0.1, 0.15) is 18.1 Å². The van der Waals surface area contributed by atoms with Gasteiger partial charge in [0.25, 0.3) is 10.1 Å². The second kappa shape index (κ2) is 13.4. The van der Waals surface area contributed by atoms with Crippen LogP contribution in [0.25, 0.3) is 22.3 Å². The van der Waals surface area contributed by atoms with Crippen molar-refractivity contribution >= 4 is 29.3 Å². The lowest BCUT2D eigenvalue weighted by Gasteiger charge is -2.36. The van der Waals surface area contributed by atoms with Gasteiger partial charge in [0.15, 0.2) is 6.23 Å². The second-order valence-electron chi connectivity index (χ2n) is 12.4. The molecule has 0 bridgehead atoms. The Hall–Kier alpha value is -2.51. The third-order valence-electron chi connectivity index (χ3n) is 7.74. The van der Waals surface area contributed by atoms with E-state index in [0.717, 1.165) is 54.5 Å². The maximum atomic E-state index is 11.2. The number of hydrogen-bond donors (Lipinski definition) is 0. The fraction of sp³-hybridized carbons (Fsp3) is 0.600. The second-order valence-corrected chi connectivity index (χ2v) is 18.7. The van der Waals surface area contributed by atoms with Gasteiger partial charge in [0.05, 0.1) is 30.2 Å². The van der Waals surface area contributed by atoms with Gasteiger partial charge in [-0.2, -0.15) is 13.5 Å². The molecule has 0 amide bonds. The molecule has 1 fully saturated rings. The van der Waals surface area contributed by atoms with Gasteiger partial charge in [0, 0.05) is 24.7 Å². The van der Waals surface area contributed by atoms with Crippen LogP contribution in [0.1, 0.15) is 59.6 Å². The lowest BCUT2D eigenvalue weighted by atomic mass is 10.1. The Labute approximate surface area is 250 Å². The largest absolute Gasteiger partial charge is 0.543 e. The predicted molar refractivity (Wildman–Crippen MR) is 166 cm³/mol. The fourth-order valence-corrected chi connectivity index (χ4v) is 6.20. The molecule has 1 aliphatic rings. The molecule has 3 aromatic rings. The minimum absolute atomic E-state index is 0.0734. The zero-order valence-corrected chi connectivity index (χ0v) is 27.7. The van der Waals surface area contributed by atoms with E-state index in [1.54, 1.807) is 13.0 Å². The number of hydrogen-bond acceptors (Lipinski definition) is 9. The van der Waals surface area contributed by atoms with Crippen molar-refractivity contribution in [2.24, 2.45) is 0 Å². The first-order valence-corrected chi connectivity index (χ1v) is 19.3. The molecule has 0 spiro atoms. The highest BCUT2D eigenvalue weighted by atomic mass is 32.2. The minimum atomic E-state index is -3.48. The topological polar surface area (TPSA) is 111 Å². The normalized spacial score (nSPS) is 17.4. The molecular formula is C30H45N3O7SSi. The van der Waals surface area contributed by atoms with E-state index >= 15 is 0 Å². The highest BCUT2D eigenvalue weighted by molar-refractivity contribution is 7.86. The molecule has 232 valence electrons. The van der Waals surface area contributed by atoms with E-state index in [-0.39, 0.29) is 11.3 Å². The molecule has 1 aliphatic heterocycles. The van der Waals surface area contributed by atoms with E-state index in [1.165, 1.54) is 0 Å². The molecule has 1 aromatic carbocycles. The third-order valence-corrected chi connectivity index (χ3v) is 12.8. The van der Waals surface area contributed by atoms with E-state index in [2.05, 4.69) is 46.0 Å². The van der Waals surface area contributed by atoms with Crippen molar-refractivity contribution in [1.82, 2.24) is 14.8 Å². The highest BCUT2D eigenvalue weighted by Gasteiger charge is 2.39. The van der Waals surface area contributed by atoms with Gasteiger partial charge in [-0.3, -0.25) is 4.18 Å². The van der Waals surface area contributed by atoms with Crippen LogP contribution in [-0.4, -0.2) is 70.3 Å². The Morgan fingerprint density at radius 3 is 2.60 bits per heavy atom. The first kappa shape index (κ1) is 32.4. The molecule has 2 atom stereocenters. The predicted octanol–water partition coefficient (Wildman–Crippen LogP) is 6.33. The summed E-state index contributed by atoms with van der Waals surface area (Å²) in [5.41, 5.74) is 2.43. The van der Waals surface area contributed by atoms with Crippen LogP contribution in [0.2, 0.25) is 18.1 Å². The summed E-state index contributed by atoms with van der Waals surface area (Å²) in [4.78, 5) is 4.77. The summed E-state index contributed by atoms with van der Waals surface area (Å²) in [5, 5.41) is 6.05. The standard InChI is InChI=1S/C30H45N3O7SSi/c1-22(39-41(5,34)35)16-18-36-19-20-37-27-12-10-11-25(31-27)29-24-21-23(40-42(6,7)30(2,3)4)14-15-26(24)33(32-29)28-13-8-9-17-38-28/h10-12,14-15,21-22,28H,8-9,13,16-20H2,1-7H3/t22-,28?/m0/s1. The van der Waals surface area contributed by atoms with E-state index in [0.29, 0.717) is 37.8 Å². The Balaban J connectivity index is 1.51. The van der Waals surface area contributed by atoms with Crippen LogP contribution >= 0.6 is 0 Å². The van der Waals surface area contributed by atoms with E-state index < -0.39 is 24.5 Å². The van der Waals surface area contributed by atoms with Crippen LogP contribution in [0.3, 0.4) is 0 Å².